The maximum absolute atomic E-state index is 11.3. The smallest absolute Gasteiger partial charge is 0.305 e. The molecule has 3 atom stereocenters. The van der Waals surface area contributed by atoms with Crippen molar-refractivity contribution in [3.63, 3.8) is 0 Å². The van der Waals surface area contributed by atoms with Gasteiger partial charge in [0.15, 0.2) is 0 Å². The van der Waals surface area contributed by atoms with Crippen LogP contribution in [0.4, 0.5) is 0 Å². The topological polar surface area (TPSA) is 114 Å². The number of hydrogen-bond acceptors (Lipinski definition) is 9. The van der Waals surface area contributed by atoms with Crippen molar-refractivity contribution in [2.45, 2.75) is 45.7 Å². The Kier molecular flexibility index (Phi) is 5.86. The summed E-state index contributed by atoms with van der Waals surface area (Å²) in [6.07, 6.45) is -2.52. The van der Waals surface area contributed by atoms with Crippen LogP contribution < -0.4 is 0 Å². The molecule has 0 aromatic heterocycles. The van der Waals surface area contributed by atoms with Crippen LogP contribution in [0.5, 0.6) is 0 Å². The van der Waals surface area contributed by atoms with Crippen molar-refractivity contribution in [2.75, 3.05) is 13.2 Å². The second-order valence-corrected chi connectivity index (χ2v) is 4.76. The van der Waals surface area contributed by atoms with Crippen LogP contribution in [0.2, 0.25) is 0 Å². The molecule has 0 aromatic carbocycles. The van der Waals surface area contributed by atoms with Crippen LogP contribution in [-0.4, -0.2) is 55.1 Å². The monoisotopic (exact) mass is 318 g/mol. The van der Waals surface area contributed by atoms with E-state index in [9.17, 15) is 19.2 Å². The van der Waals surface area contributed by atoms with Crippen molar-refractivity contribution in [3.8, 4) is 0 Å². The minimum absolute atomic E-state index is 0.268. The third kappa shape index (κ3) is 4.69. The van der Waals surface area contributed by atoms with Crippen molar-refractivity contribution in [3.05, 3.63) is 0 Å². The Bertz CT molecular complexity index is 472. The molecule has 1 saturated heterocycles. The molecule has 0 spiro atoms. The lowest BCUT2D eigenvalue weighted by Gasteiger charge is -2.32. The Hall–Kier alpha value is -2.16. The number of ether oxygens (including phenoxy) is 5. The molecule has 0 radical (unpaired) electrons. The van der Waals surface area contributed by atoms with Gasteiger partial charge in [-0.05, 0) is 0 Å². The van der Waals surface area contributed by atoms with Crippen LogP contribution in [-0.2, 0) is 42.9 Å². The minimum Gasteiger partial charge on any atom is -0.461 e. The van der Waals surface area contributed by atoms with Gasteiger partial charge in [0.2, 0.25) is 18.0 Å². The Balaban J connectivity index is 3.07. The van der Waals surface area contributed by atoms with E-state index in [1.807, 2.05) is 0 Å². The summed E-state index contributed by atoms with van der Waals surface area (Å²) < 4.78 is 25.2. The molecule has 0 aromatic rings. The van der Waals surface area contributed by atoms with Crippen molar-refractivity contribution >= 4 is 23.9 Å². The lowest BCUT2D eigenvalue weighted by Crippen LogP contribution is -2.53. The number of carbonyl (C=O) groups excluding carboxylic acids is 4. The zero-order valence-corrected chi connectivity index (χ0v) is 12.7. The molecular weight excluding hydrogens is 300 g/mol. The zero-order valence-electron chi connectivity index (χ0n) is 12.7. The van der Waals surface area contributed by atoms with Crippen LogP contribution >= 0.6 is 0 Å². The first-order valence-corrected chi connectivity index (χ1v) is 6.45. The van der Waals surface area contributed by atoms with Gasteiger partial charge in [-0.25, -0.2) is 0 Å². The normalized spacial score (nSPS) is 26.9. The van der Waals surface area contributed by atoms with Gasteiger partial charge in [0.05, 0.1) is 6.61 Å². The van der Waals surface area contributed by atoms with E-state index < -0.39 is 48.5 Å². The van der Waals surface area contributed by atoms with Gasteiger partial charge in [0, 0.05) is 27.7 Å². The summed E-state index contributed by atoms with van der Waals surface area (Å²) in [7, 11) is 0. The number of hydrogen-bond donors (Lipinski definition) is 0. The highest BCUT2D eigenvalue weighted by Gasteiger charge is 2.57. The van der Waals surface area contributed by atoms with E-state index in [2.05, 4.69) is 0 Å². The minimum atomic E-state index is -1.58. The molecule has 1 aliphatic heterocycles. The first-order valence-electron chi connectivity index (χ1n) is 6.45. The molecule has 0 unspecified atom stereocenters. The summed E-state index contributed by atoms with van der Waals surface area (Å²) in [5, 5.41) is 0. The van der Waals surface area contributed by atoms with Crippen LogP contribution in [0.25, 0.3) is 0 Å². The summed E-state index contributed by atoms with van der Waals surface area (Å²) in [6, 6.07) is 0. The molecule has 9 heteroatoms. The lowest BCUT2D eigenvalue weighted by molar-refractivity contribution is -0.205. The highest BCUT2D eigenvalue weighted by Crippen LogP contribution is 2.33. The second kappa shape index (κ2) is 7.21. The molecule has 0 bridgehead atoms. The fraction of sp³-hybridized carbons (Fsp3) is 0.692. The first kappa shape index (κ1) is 17.9. The van der Waals surface area contributed by atoms with Gasteiger partial charge in [-0.15, -0.1) is 0 Å². The number of esters is 4. The zero-order chi connectivity index (χ0) is 16.9. The lowest BCUT2D eigenvalue weighted by atomic mass is 10.00. The molecule has 0 N–H and O–H groups in total. The van der Waals surface area contributed by atoms with E-state index in [0.717, 1.165) is 20.8 Å². The predicted molar refractivity (Wildman–Crippen MR) is 68.2 cm³/mol. The highest BCUT2D eigenvalue weighted by molar-refractivity contribution is 5.69. The fourth-order valence-electron chi connectivity index (χ4n) is 1.99. The fourth-order valence-corrected chi connectivity index (χ4v) is 1.99. The third-order valence-electron chi connectivity index (χ3n) is 2.70. The maximum atomic E-state index is 11.3. The largest absolute Gasteiger partial charge is 0.461 e. The Morgan fingerprint density at radius 2 is 1.55 bits per heavy atom. The van der Waals surface area contributed by atoms with Gasteiger partial charge < -0.3 is 23.7 Å². The molecule has 0 aliphatic carbocycles. The van der Waals surface area contributed by atoms with E-state index in [1.165, 1.54) is 6.92 Å². The predicted octanol–water partition coefficient (Wildman–Crippen LogP) is -0.297. The summed E-state index contributed by atoms with van der Waals surface area (Å²) in [4.78, 5) is 44.7. The van der Waals surface area contributed by atoms with E-state index in [0.29, 0.717) is 0 Å². The van der Waals surface area contributed by atoms with Gasteiger partial charge in [-0.3, -0.25) is 19.2 Å². The molecule has 1 heterocycles. The van der Waals surface area contributed by atoms with Gasteiger partial charge in [0.1, 0.15) is 6.61 Å². The summed E-state index contributed by atoms with van der Waals surface area (Å²) in [6.45, 7) is 3.91. The van der Waals surface area contributed by atoms with Crippen molar-refractivity contribution in [1.29, 1.82) is 0 Å². The molecule has 124 valence electrons. The van der Waals surface area contributed by atoms with Crippen LogP contribution in [0.15, 0.2) is 0 Å². The Morgan fingerprint density at radius 1 is 0.955 bits per heavy atom. The van der Waals surface area contributed by atoms with E-state index in [-0.39, 0.29) is 6.61 Å². The standard InChI is InChI=1S/C13H18O9/c1-7(14)18-5-13(22-10(4)17)6-19-12(21-9(3)16)11(13)20-8(2)15/h11-12H,5-6H2,1-4H3/t11-,12+,13+/m0/s1. The molecule has 1 rings (SSSR count). The van der Waals surface area contributed by atoms with Gasteiger partial charge in [0.25, 0.3) is 0 Å². The van der Waals surface area contributed by atoms with Crippen molar-refractivity contribution < 1.29 is 42.9 Å². The van der Waals surface area contributed by atoms with E-state index in [1.54, 1.807) is 0 Å². The Labute approximate surface area is 126 Å². The van der Waals surface area contributed by atoms with Crippen LogP contribution in [0.3, 0.4) is 0 Å². The summed E-state index contributed by atoms with van der Waals surface area (Å²) in [5.41, 5.74) is -1.58. The maximum Gasteiger partial charge on any atom is 0.305 e. The number of carbonyl (C=O) groups is 4. The summed E-state index contributed by atoms with van der Waals surface area (Å²) in [5.74, 6) is -2.69. The second-order valence-electron chi connectivity index (χ2n) is 4.76. The highest BCUT2D eigenvalue weighted by atomic mass is 16.7. The molecular formula is C13H18O9. The third-order valence-corrected chi connectivity index (χ3v) is 2.70. The van der Waals surface area contributed by atoms with Crippen LogP contribution in [0, 0.1) is 0 Å². The molecule has 0 amide bonds. The molecule has 22 heavy (non-hydrogen) atoms. The van der Waals surface area contributed by atoms with Gasteiger partial charge >= 0.3 is 23.9 Å². The SMILES string of the molecule is CC(=O)OC[C@@]1(OC(C)=O)CO[C@H](OC(C)=O)[C@@H]1OC(C)=O. The molecule has 1 aliphatic rings. The van der Waals surface area contributed by atoms with Crippen molar-refractivity contribution in [2.24, 2.45) is 0 Å². The molecule has 9 nitrogen and oxygen atoms in total. The average molecular weight is 318 g/mol. The summed E-state index contributed by atoms with van der Waals surface area (Å²) >= 11 is 0. The molecule has 1 fully saturated rings. The van der Waals surface area contributed by atoms with Crippen LogP contribution in [0.1, 0.15) is 27.7 Å². The average Bonchev–Trinajstić information content (AvgIpc) is 2.65. The van der Waals surface area contributed by atoms with Gasteiger partial charge in [-0.1, -0.05) is 0 Å². The van der Waals surface area contributed by atoms with Gasteiger partial charge in [-0.2, -0.15) is 0 Å². The first-order chi connectivity index (χ1) is 10.2. The van der Waals surface area contributed by atoms with E-state index >= 15 is 0 Å². The number of rotatable bonds is 5. The quantitative estimate of drug-likeness (QED) is 0.498. The van der Waals surface area contributed by atoms with E-state index in [4.69, 9.17) is 23.7 Å². The molecule has 0 saturated carbocycles. The van der Waals surface area contributed by atoms with Crippen molar-refractivity contribution in [1.82, 2.24) is 0 Å². The Morgan fingerprint density at radius 3 is 2.00 bits per heavy atom.